The molecule has 1 heterocycles. The van der Waals surface area contributed by atoms with Crippen molar-refractivity contribution in [3.8, 4) is 0 Å². The van der Waals surface area contributed by atoms with Crippen molar-refractivity contribution < 1.29 is 16.8 Å². The molecule has 1 atom stereocenters. The lowest BCUT2D eigenvalue weighted by molar-refractivity contribution is 0.347. The molecule has 1 aliphatic rings. The topological polar surface area (TPSA) is 97.5 Å². The maximum absolute atomic E-state index is 12.7. The van der Waals surface area contributed by atoms with Gasteiger partial charge in [0.1, 0.15) is 0 Å². The highest BCUT2D eigenvalue weighted by atomic mass is 79.9. The van der Waals surface area contributed by atoms with Gasteiger partial charge in [-0.3, -0.25) is 0 Å². The molecule has 0 unspecified atom stereocenters. The highest BCUT2D eigenvalue weighted by molar-refractivity contribution is 9.10. The summed E-state index contributed by atoms with van der Waals surface area (Å²) in [5.41, 5.74) is 5.50. The van der Waals surface area contributed by atoms with E-state index in [2.05, 4.69) is 15.9 Å². The van der Waals surface area contributed by atoms with Crippen LogP contribution < -0.4 is 5.73 Å². The summed E-state index contributed by atoms with van der Waals surface area (Å²) in [6.07, 6.45) is 0.318. The Kier molecular flexibility index (Phi) is 5.09. The van der Waals surface area contributed by atoms with Gasteiger partial charge < -0.3 is 5.73 Å². The molecule has 1 aromatic rings. The second-order valence-corrected chi connectivity index (χ2v) is 9.95. The Morgan fingerprint density at radius 3 is 2.38 bits per heavy atom. The molecule has 0 spiro atoms. The maximum Gasteiger partial charge on any atom is 0.243 e. The number of rotatable bonds is 5. The van der Waals surface area contributed by atoms with Crippen molar-refractivity contribution in [1.82, 2.24) is 4.31 Å². The maximum atomic E-state index is 12.7. The lowest BCUT2D eigenvalue weighted by Crippen LogP contribution is -2.43. The predicted octanol–water partition coefficient (Wildman–Crippen LogP) is 0.586. The highest BCUT2D eigenvalue weighted by Gasteiger charge is 2.38. The fraction of sp³-hybridized carbons (Fsp3) is 0.500. The third-order valence-corrected chi connectivity index (χ3v) is 7.63. The van der Waals surface area contributed by atoms with Crippen LogP contribution in [0.3, 0.4) is 0 Å². The van der Waals surface area contributed by atoms with Gasteiger partial charge in [0, 0.05) is 23.6 Å². The van der Waals surface area contributed by atoms with Gasteiger partial charge in [-0.05, 0) is 30.7 Å². The quantitative estimate of drug-likeness (QED) is 0.784. The number of sulfonamides is 1. The molecule has 21 heavy (non-hydrogen) atoms. The zero-order chi connectivity index (χ0) is 15.7. The zero-order valence-corrected chi connectivity index (χ0v) is 14.5. The van der Waals surface area contributed by atoms with E-state index in [1.807, 2.05) is 0 Å². The van der Waals surface area contributed by atoms with Crippen molar-refractivity contribution in [2.75, 3.05) is 24.6 Å². The smallest absolute Gasteiger partial charge is 0.243 e. The van der Waals surface area contributed by atoms with Crippen molar-refractivity contribution in [2.45, 2.75) is 17.4 Å². The van der Waals surface area contributed by atoms with Gasteiger partial charge in [-0.1, -0.05) is 15.9 Å². The van der Waals surface area contributed by atoms with Crippen molar-refractivity contribution in [1.29, 1.82) is 0 Å². The molecule has 1 saturated heterocycles. The summed E-state index contributed by atoms with van der Waals surface area (Å²) in [4.78, 5) is 0.142. The van der Waals surface area contributed by atoms with Crippen LogP contribution in [0.5, 0.6) is 0 Å². The monoisotopic (exact) mass is 396 g/mol. The summed E-state index contributed by atoms with van der Waals surface area (Å²) in [5, 5.41) is 0. The van der Waals surface area contributed by atoms with Gasteiger partial charge in [-0.15, -0.1) is 0 Å². The molecule has 1 fully saturated rings. The van der Waals surface area contributed by atoms with Gasteiger partial charge in [0.25, 0.3) is 0 Å². The number of nitrogens with zero attached hydrogens (tertiary/aromatic N) is 1. The van der Waals surface area contributed by atoms with Gasteiger partial charge in [0.15, 0.2) is 9.84 Å². The summed E-state index contributed by atoms with van der Waals surface area (Å²) in [6, 6.07) is 5.73. The van der Waals surface area contributed by atoms with Crippen LogP contribution in [0.1, 0.15) is 6.42 Å². The first-order chi connectivity index (χ1) is 9.76. The van der Waals surface area contributed by atoms with Crippen molar-refractivity contribution >= 4 is 35.8 Å². The van der Waals surface area contributed by atoms with Crippen LogP contribution in [0.15, 0.2) is 33.6 Å². The molecule has 6 nitrogen and oxygen atoms in total. The summed E-state index contributed by atoms with van der Waals surface area (Å²) in [5.74, 6) is -0.114. The predicted molar refractivity (Wildman–Crippen MR) is 84.1 cm³/mol. The number of nitrogens with two attached hydrogens (primary N) is 1. The Labute approximate surface area is 133 Å². The normalized spacial score (nSPS) is 21.8. The minimum atomic E-state index is -3.75. The van der Waals surface area contributed by atoms with Crippen LogP contribution in [0.2, 0.25) is 0 Å². The Bertz CT molecular complexity index is 701. The van der Waals surface area contributed by atoms with E-state index in [0.29, 0.717) is 6.42 Å². The van der Waals surface area contributed by atoms with E-state index in [9.17, 15) is 16.8 Å². The summed E-state index contributed by atoms with van der Waals surface area (Å²) in [7, 11) is -6.91. The number of sulfone groups is 1. The van der Waals surface area contributed by atoms with Crippen LogP contribution in [0.4, 0.5) is 0 Å². The van der Waals surface area contributed by atoms with Gasteiger partial charge in [-0.25, -0.2) is 16.8 Å². The Hall–Kier alpha value is -0.480. The van der Waals surface area contributed by atoms with E-state index in [1.165, 1.54) is 16.4 Å². The molecule has 0 saturated carbocycles. The van der Waals surface area contributed by atoms with Crippen molar-refractivity contribution in [3.05, 3.63) is 28.7 Å². The van der Waals surface area contributed by atoms with Gasteiger partial charge in [-0.2, -0.15) is 4.31 Å². The second kappa shape index (κ2) is 6.33. The van der Waals surface area contributed by atoms with Crippen LogP contribution >= 0.6 is 15.9 Å². The summed E-state index contributed by atoms with van der Waals surface area (Å²) >= 11 is 3.25. The van der Waals surface area contributed by atoms with Crippen LogP contribution in [-0.2, 0) is 19.9 Å². The SMILES string of the molecule is NCCN([C@H]1CCS(=O)(=O)C1)S(=O)(=O)c1ccc(Br)cc1. The molecule has 9 heteroatoms. The van der Waals surface area contributed by atoms with Crippen LogP contribution in [0, 0.1) is 0 Å². The highest BCUT2D eigenvalue weighted by Crippen LogP contribution is 2.25. The Morgan fingerprint density at radius 2 is 1.90 bits per heavy atom. The van der Waals surface area contributed by atoms with E-state index in [4.69, 9.17) is 5.73 Å². The number of hydrogen-bond acceptors (Lipinski definition) is 5. The summed E-state index contributed by atoms with van der Waals surface area (Å²) in [6.45, 7) is 0.255. The lowest BCUT2D eigenvalue weighted by atomic mass is 10.2. The molecule has 0 amide bonds. The molecule has 2 N–H and O–H groups in total. The first kappa shape index (κ1) is 16.9. The standard InChI is InChI=1S/C12H17BrN2O4S2/c13-10-1-3-12(4-2-10)21(18,19)15(7-6-14)11-5-8-20(16,17)9-11/h1-4,11H,5-9,14H2/t11-/m0/s1. The molecule has 118 valence electrons. The van der Waals surface area contributed by atoms with E-state index in [-0.39, 0.29) is 29.5 Å². The van der Waals surface area contributed by atoms with E-state index < -0.39 is 25.9 Å². The van der Waals surface area contributed by atoms with Crippen molar-refractivity contribution in [2.24, 2.45) is 5.73 Å². The molecule has 1 aliphatic heterocycles. The largest absolute Gasteiger partial charge is 0.329 e. The third-order valence-electron chi connectivity index (χ3n) is 3.39. The molecule has 1 aromatic carbocycles. The van der Waals surface area contributed by atoms with Crippen LogP contribution in [0.25, 0.3) is 0 Å². The lowest BCUT2D eigenvalue weighted by Gasteiger charge is -2.26. The molecule has 0 aromatic heterocycles. The van der Waals surface area contributed by atoms with Gasteiger partial charge in [0.2, 0.25) is 10.0 Å². The average Bonchev–Trinajstić information content (AvgIpc) is 2.76. The molecule has 2 rings (SSSR count). The Balaban J connectivity index is 2.35. The summed E-state index contributed by atoms with van der Waals surface area (Å²) < 4.78 is 50.6. The Morgan fingerprint density at radius 1 is 1.29 bits per heavy atom. The average molecular weight is 397 g/mol. The van der Waals surface area contributed by atoms with Crippen LogP contribution in [-0.4, -0.2) is 51.8 Å². The number of halogens is 1. The minimum absolute atomic E-state index is 0.0224. The van der Waals surface area contributed by atoms with E-state index in [1.54, 1.807) is 12.1 Å². The second-order valence-electron chi connectivity index (χ2n) is 4.92. The van der Waals surface area contributed by atoms with Gasteiger partial charge in [0.05, 0.1) is 16.4 Å². The third kappa shape index (κ3) is 3.84. The zero-order valence-electron chi connectivity index (χ0n) is 11.3. The molecular weight excluding hydrogens is 380 g/mol. The molecule has 0 radical (unpaired) electrons. The number of hydrogen-bond donors (Lipinski definition) is 1. The first-order valence-corrected chi connectivity index (χ1v) is 10.5. The fourth-order valence-electron chi connectivity index (χ4n) is 2.37. The minimum Gasteiger partial charge on any atom is -0.329 e. The first-order valence-electron chi connectivity index (χ1n) is 6.44. The van der Waals surface area contributed by atoms with E-state index >= 15 is 0 Å². The molecule has 0 aliphatic carbocycles. The molecular formula is C12H17BrN2O4S2. The molecule has 0 bridgehead atoms. The van der Waals surface area contributed by atoms with Crippen molar-refractivity contribution in [3.63, 3.8) is 0 Å². The number of benzene rings is 1. The van der Waals surface area contributed by atoms with E-state index in [0.717, 1.165) is 4.47 Å². The van der Waals surface area contributed by atoms with Gasteiger partial charge >= 0.3 is 0 Å². The fourth-order valence-corrected chi connectivity index (χ4v) is 6.13.